The van der Waals surface area contributed by atoms with Crippen LogP contribution in [0.3, 0.4) is 0 Å². The number of methoxy groups -OCH3 is 2. The van der Waals surface area contributed by atoms with Gasteiger partial charge in [-0.25, -0.2) is 9.97 Å². The van der Waals surface area contributed by atoms with Crippen LogP contribution in [0.1, 0.15) is 0 Å². The Labute approximate surface area is 86.3 Å². The fourth-order valence-electron chi connectivity index (χ4n) is 1.37. The van der Waals surface area contributed by atoms with Crippen LogP contribution >= 0.6 is 0 Å². The van der Waals surface area contributed by atoms with Crippen molar-refractivity contribution in [1.82, 2.24) is 9.97 Å². The van der Waals surface area contributed by atoms with Crippen molar-refractivity contribution in [3.8, 4) is 17.4 Å². The minimum atomic E-state index is 0.0470. The molecule has 0 unspecified atom stereocenters. The summed E-state index contributed by atoms with van der Waals surface area (Å²) in [4.78, 5) is 7.98. The standard InChI is InChI=1S/C10H10N2O3/c1-14-9-3-6-7(4-8(9)13)11-5-12-10(6)15-2/h3-5,13H,1-2H3. The summed E-state index contributed by atoms with van der Waals surface area (Å²) in [5.74, 6) is 0.875. The van der Waals surface area contributed by atoms with E-state index in [-0.39, 0.29) is 5.75 Å². The molecule has 0 spiro atoms. The topological polar surface area (TPSA) is 64.5 Å². The zero-order valence-electron chi connectivity index (χ0n) is 8.39. The molecule has 5 heteroatoms. The van der Waals surface area contributed by atoms with Crippen LogP contribution in [0.5, 0.6) is 17.4 Å². The molecule has 1 aromatic heterocycles. The zero-order chi connectivity index (χ0) is 10.8. The Morgan fingerprint density at radius 2 is 1.93 bits per heavy atom. The van der Waals surface area contributed by atoms with Crippen molar-refractivity contribution >= 4 is 10.9 Å². The van der Waals surface area contributed by atoms with Crippen molar-refractivity contribution in [3.05, 3.63) is 18.5 Å². The highest BCUT2D eigenvalue weighted by molar-refractivity contribution is 5.86. The molecular weight excluding hydrogens is 196 g/mol. The third-order valence-electron chi connectivity index (χ3n) is 2.09. The van der Waals surface area contributed by atoms with E-state index in [2.05, 4.69) is 9.97 Å². The van der Waals surface area contributed by atoms with Crippen LogP contribution in [0.2, 0.25) is 0 Å². The maximum Gasteiger partial charge on any atom is 0.224 e. The molecule has 1 N–H and O–H groups in total. The maximum atomic E-state index is 9.55. The van der Waals surface area contributed by atoms with E-state index in [1.165, 1.54) is 26.6 Å². The summed E-state index contributed by atoms with van der Waals surface area (Å²) in [7, 11) is 3.01. The molecule has 0 fully saturated rings. The van der Waals surface area contributed by atoms with E-state index >= 15 is 0 Å². The number of fused-ring (bicyclic) bond motifs is 1. The Hall–Kier alpha value is -2.04. The van der Waals surface area contributed by atoms with Crippen LogP contribution in [0.4, 0.5) is 0 Å². The van der Waals surface area contributed by atoms with Gasteiger partial charge in [-0.2, -0.15) is 0 Å². The fraction of sp³-hybridized carbons (Fsp3) is 0.200. The molecule has 15 heavy (non-hydrogen) atoms. The molecule has 0 bridgehead atoms. The first-order chi connectivity index (χ1) is 7.26. The number of phenols is 1. The average molecular weight is 206 g/mol. The molecule has 5 nitrogen and oxygen atoms in total. The number of hydrogen-bond acceptors (Lipinski definition) is 5. The van der Waals surface area contributed by atoms with Crippen LogP contribution in [-0.2, 0) is 0 Å². The average Bonchev–Trinajstić information content (AvgIpc) is 2.27. The van der Waals surface area contributed by atoms with Gasteiger partial charge in [-0.1, -0.05) is 0 Å². The molecule has 0 aliphatic heterocycles. The molecule has 2 aromatic rings. The van der Waals surface area contributed by atoms with Crippen LogP contribution in [0.25, 0.3) is 10.9 Å². The van der Waals surface area contributed by atoms with Crippen molar-refractivity contribution in [2.75, 3.05) is 14.2 Å². The van der Waals surface area contributed by atoms with Gasteiger partial charge in [0.1, 0.15) is 6.33 Å². The maximum absolute atomic E-state index is 9.55. The van der Waals surface area contributed by atoms with Crippen LogP contribution in [0.15, 0.2) is 18.5 Å². The van der Waals surface area contributed by atoms with E-state index in [4.69, 9.17) is 9.47 Å². The van der Waals surface area contributed by atoms with Gasteiger partial charge < -0.3 is 14.6 Å². The molecule has 0 aliphatic carbocycles. The summed E-state index contributed by atoms with van der Waals surface area (Å²) in [6.07, 6.45) is 1.38. The molecule has 78 valence electrons. The molecule has 0 amide bonds. The van der Waals surface area contributed by atoms with Gasteiger partial charge in [0.15, 0.2) is 11.5 Å². The SMILES string of the molecule is COc1cc2c(OC)ncnc2cc1O. The normalized spacial score (nSPS) is 10.3. The lowest BCUT2D eigenvalue weighted by atomic mass is 10.2. The molecule has 0 saturated carbocycles. The van der Waals surface area contributed by atoms with Crippen LogP contribution < -0.4 is 9.47 Å². The van der Waals surface area contributed by atoms with Gasteiger partial charge in [0.2, 0.25) is 5.88 Å². The molecule has 0 atom stereocenters. The summed E-state index contributed by atoms with van der Waals surface area (Å²) in [6, 6.07) is 3.15. The monoisotopic (exact) mass is 206 g/mol. The Bertz CT molecular complexity index is 499. The molecule has 0 aliphatic rings. The van der Waals surface area contributed by atoms with Gasteiger partial charge >= 0.3 is 0 Å². The van der Waals surface area contributed by atoms with E-state index in [0.29, 0.717) is 22.5 Å². The lowest BCUT2D eigenvalue weighted by Gasteiger charge is -2.07. The van der Waals surface area contributed by atoms with E-state index in [9.17, 15) is 5.11 Å². The van der Waals surface area contributed by atoms with Crippen molar-refractivity contribution in [2.24, 2.45) is 0 Å². The number of ether oxygens (including phenoxy) is 2. The number of aromatic hydroxyl groups is 1. The molecule has 0 saturated heterocycles. The Morgan fingerprint density at radius 1 is 1.13 bits per heavy atom. The van der Waals surface area contributed by atoms with Gasteiger partial charge in [0, 0.05) is 6.07 Å². The van der Waals surface area contributed by atoms with Crippen molar-refractivity contribution < 1.29 is 14.6 Å². The first-order valence-electron chi connectivity index (χ1n) is 4.32. The predicted octanol–water partition coefficient (Wildman–Crippen LogP) is 1.35. The summed E-state index contributed by atoms with van der Waals surface area (Å²) in [6.45, 7) is 0. The van der Waals surface area contributed by atoms with E-state index in [1.807, 2.05) is 0 Å². The lowest BCUT2D eigenvalue weighted by Crippen LogP contribution is -1.92. The Morgan fingerprint density at radius 3 is 2.60 bits per heavy atom. The second-order valence-corrected chi connectivity index (χ2v) is 2.92. The van der Waals surface area contributed by atoms with Gasteiger partial charge in [0.05, 0.1) is 25.1 Å². The quantitative estimate of drug-likeness (QED) is 0.803. The van der Waals surface area contributed by atoms with Crippen LogP contribution in [-0.4, -0.2) is 29.3 Å². The molecule has 0 radical (unpaired) electrons. The van der Waals surface area contributed by atoms with E-state index in [1.54, 1.807) is 6.07 Å². The van der Waals surface area contributed by atoms with Crippen molar-refractivity contribution in [3.63, 3.8) is 0 Å². The third kappa shape index (κ3) is 1.52. The largest absolute Gasteiger partial charge is 0.504 e. The summed E-state index contributed by atoms with van der Waals surface area (Å²) in [5, 5.41) is 10.2. The summed E-state index contributed by atoms with van der Waals surface area (Å²) in [5.41, 5.74) is 0.611. The second kappa shape index (κ2) is 3.61. The van der Waals surface area contributed by atoms with Crippen molar-refractivity contribution in [1.29, 1.82) is 0 Å². The second-order valence-electron chi connectivity index (χ2n) is 2.92. The first-order valence-corrected chi connectivity index (χ1v) is 4.32. The number of aromatic nitrogens is 2. The number of rotatable bonds is 2. The lowest BCUT2D eigenvalue weighted by molar-refractivity contribution is 0.373. The molecule has 2 rings (SSSR count). The smallest absolute Gasteiger partial charge is 0.224 e. The summed E-state index contributed by atoms with van der Waals surface area (Å²) >= 11 is 0. The molecule has 1 aromatic carbocycles. The fourth-order valence-corrected chi connectivity index (χ4v) is 1.37. The van der Waals surface area contributed by atoms with E-state index < -0.39 is 0 Å². The predicted molar refractivity (Wildman–Crippen MR) is 54.3 cm³/mol. The Kier molecular flexibility index (Phi) is 2.29. The van der Waals surface area contributed by atoms with Gasteiger partial charge in [0.25, 0.3) is 0 Å². The zero-order valence-corrected chi connectivity index (χ0v) is 8.39. The van der Waals surface area contributed by atoms with Crippen LogP contribution in [0, 0.1) is 0 Å². The van der Waals surface area contributed by atoms with Gasteiger partial charge in [-0.05, 0) is 6.07 Å². The minimum absolute atomic E-state index is 0.0470. The third-order valence-corrected chi connectivity index (χ3v) is 2.09. The number of hydrogen-bond donors (Lipinski definition) is 1. The minimum Gasteiger partial charge on any atom is -0.504 e. The number of nitrogens with zero attached hydrogens (tertiary/aromatic N) is 2. The first kappa shape index (κ1) is 9.51. The highest BCUT2D eigenvalue weighted by atomic mass is 16.5. The van der Waals surface area contributed by atoms with Crippen molar-refractivity contribution in [2.45, 2.75) is 0 Å². The highest BCUT2D eigenvalue weighted by Crippen LogP contribution is 2.33. The highest BCUT2D eigenvalue weighted by Gasteiger charge is 2.09. The number of benzene rings is 1. The van der Waals surface area contributed by atoms with Gasteiger partial charge in [-0.3, -0.25) is 0 Å². The number of phenolic OH excluding ortho intramolecular Hbond substituents is 1. The van der Waals surface area contributed by atoms with Gasteiger partial charge in [-0.15, -0.1) is 0 Å². The molecular formula is C10H10N2O3. The van der Waals surface area contributed by atoms with E-state index in [0.717, 1.165) is 0 Å². The Balaban J connectivity index is 2.76. The summed E-state index contributed by atoms with van der Waals surface area (Å²) < 4.78 is 10.1. The molecule has 1 heterocycles.